The van der Waals surface area contributed by atoms with Crippen LogP contribution >= 0.6 is 0 Å². The number of hydrogen-bond donors (Lipinski definition) is 2. The van der Waals surface area contributed by atoms with E-state index in [1.54, 1.807) is 13.1 Å². The Balaban J connectivity index is 1.49. The molecule has 114 valence electrons. The quantitative estimate of drug-likeness (QED) is 0.833. The van der Waals surface area contributed by atoms with Crippen molar-refractivity contribution in [1.82, 2.24) is 20.4 Å². The Kier molecular flexibility index (Phi) is 3.67. The van der Waals surface area contributed by atoms with Gasteiger partial charge in [0.15, 0.2) is 0 Å². The maximum absolute atomic E-state index is 12.2. The highest BCUT2D eigenvalue weighted by atomic mass is 16.5. The average molecular weight is 292 g/mol. The number of likely N-dealkylation sites (tertiary alicyclic amines) is 1. The average Bonchev–Trinajstić information content (AvgIpc) is 3.07. The van der Waals surface area contributed by atoms with Crippen molar-refractivity contribution >= 4 is 11.8 Å². The molecule has 0 radical (unpaired) electrons. The number of piperidine rings is 1. The molecule has 1 spiro atoms. The Morgan fingerprint density at radius 2 is 2.29 bits per heavy atom. The zero-order chi connectivity index (χ0) is 14.9. The third-order valence-corrected chi connectivity index (χ3v) is 4.21. The van der Waals surface area contributed by atoms with Crippen LogP contribution in [0.1, 0.15) is 31.9 Å². The number of nitrogens with one attached hydrogen (secondary N) is 2. The molecule has 2 aliphatic rings. The monoisotopic (exact) mass is 292 g/mol. The van der Waals surface area contributed by atoms with Crippen LogP contribution in [0.3, 0.4) is 0 Å². The van der Waals surface area contributed by atoms with E-state index in [-0.39, 0.29) is 11.8 Å². The van der Waals surface area contributed by atoms with Crippen molar-refractivity contribution in [1.29, 1.82) is 0 Å². The fourth-order valence-electron chi connectivity index (χ4n) is 2.93. The minimum atomic E-state index is -0.559. The molecule has 2 amide bonds. The first-order valence-electron chi connectivity index (χ1n) is 7.34. The molecule has 0 bridgehead atoms. The van der Waals surface area contributed by atoms with Crippen molar-refractivity contribution in [2.45, 2.75) is 44.4 Å². The molecule has 2 saturated heterocycles. The van der Waals surface area contributed by atoms with E-state index < -0.39 is 11.8 Å². The van der Waals surface area contributed by atoms with Gasteiger partial charge in [-0.15, -0.1) is 0 Å². The number of amides is 2. The van der Waals surface area contributed by atoms with E-state index >= 15 is 0 Å². The molecular weight excluding hydrogens is 272 g/mol. The third-order valence-electron chi connectivity index (χ3n) is 4.21. The molecule has 1 unspecified atom stereocenters. The van der Waals surface area contributed by atoms with Crippen molar-refractivity contribution in [2.24, 2.45) is 0 Å². The Labute approximate surface area is 123 Å². The van der Waals surface area contributed by atoms with Crippen molar-refractivity contribution in [2.75, 3.05) is 13.1 Å². The van der Waals surface area contributed by atoms with Gasteiger partial charge in [0.2, 0.25) is 5.91 Å². The molecule has 2 N–H and O–H groups in total. The van der Waals surface area contributed by atoms with Crippen LogP contribution in [0.2, 0.25) is 0 Å². The van der Waals surface area contributed by atoms with Crippen molar-refractivity contribution in [3.05, 3.63) is 18.0 Å². The minimum Gasteiger partial charge on any atom is -0.343 e. The predicted molar refractivity (Wildman–Crippen MR) is 74.1 cm³/mol. The maximum atomic E-state index is 12.2. The summed E-state index contributed by atoms with van der Waals surface area (Å²) in [6.45, 7) is 3.00. The number of H-pyrrole nitrogens is 1. The molecule has 2 aliphatic heterocycles. The van der Waals surface area contributed by atoms with Gasteiger partial charge in [0, 0.05) is 44.2 Å². The van der Waals surface area contributed by atoms with Crippen molar-refractivity contribution in [3.8, 4) is 0 Å². The molecule has 7 nitrogen and oxygen atoms in total. The number of ether oxygens (including phenoxy) is 1. The summed E-state index contributed by atoms with van der Waals surface area (Å²) in [6, 6.07) is 1.88. The van der Waals surface area contributed by atoms with E-state index in [9.17, 15) is 9.59 Å². The van der Waals surface area contributed by atoms with E-state index in [2.05, 4.69) is 15.5 Å². The molecule has 3 rings (SSSR count). The summed E-state index contributed by atoms with van der Waals surface area (Å²) in [5.41, 5.74) is 0.411. The van der Waals surface area contributed by atoms with Gasteiger partial charge in [0.05, 0.1) is 0 Å². The van der Waals surface area contributed by atoms with Gasteiger partial charge in [-0.3, -0.25) is 14.7 Å². The topological polar surface area (TPSA) is 87.3 Å². The molecule has 7 heteroatoms. The van der Waals surface area contributed by atoms with Gasteiger partial charge < -0.3 is 15.0 Å². The molecule has 0 aliphatic carbocycles. The standard InChI is InChI=1S/C14H20N4O3/c1-10-13(20)16-14(21-10)5-8-18(9-6-14)12(19)3-2-11-4-7-15-17-11/h4,7,10H,2-3,5-6,8-9H2,1H3,(H,15,17)(H,16,20). The number of hydrogen-bond acceptors (Lipinski definition) is 4. The summed E-state index contributed by atoms with van der Waals surface area (Å²) in [5.74, 6) is 0.0749. The third kappa shape index (κ3) is 2.92. The first kappa shape index (κ1) is 14.1. The van der Waals surface area contributed by atoms with Crippen LogP contribution in [-0.4, -0.2) is 51.8 Å². The van der Waals surface area contributed by atoms with E-state index in [1.807, 2.05) is 11.0 Å². The summed E-state index contributed by atoms with van der Waals surface area (Å²) in [4.78, 5) is 25.6. The van der Waals surface area contributed by atoms with Gasteiger partial charge in [-0.1, -0.05) is 0 Å². The Hall–Kier alpha value is -1.89. The van der Waals surface area contributed by atoms with Crippen LogP contribution in [0.5, 0.6) is 0 Å². The van der Waals surface area contributed by atoms with Crippen LogP contribution in [0.4, 0.5) is 0 Å². The highest BCUT2D eigenvalue weighted by Gasteiger charge is 2.45. The summed E-state index contributed by atoms with van der Waals surface area (Å²) < 4.78 is 5.74. The zero-order valence-electron chi connectivity index (χ0n) is 12.1. The smallest absolute Gasteiger partial charge is 0.251 e. The van der Waals surface area contributed by atoms with Crippen LogP contribution in [0, 0.1) is 0 Å². The summed E-state index contributed by atoms with van der Waals surface area (Å²) in [7, 11) is 0. The van der Waals surface area contributed by atoms with Gasteiger partial charge in [0.25, 0.3) is 5.91 Å². The highest BCUT2D eigenvalue weighted by molar-refractivity contribution is 5.83. The number of carbonyl (C=O) groups is 2. The molecule has 1 aromatic rings. The van der Waals surface area contributed by atoms with E-state index in [0.29, 0.717) is 38.8 Å². The van der Waals surface area contributed by atoms with Gasteiger partial charge in [-0.2, -0.15) is 5.10 Å². The van der Waals surface area contributed by atoms with E-state index in [1.165, 1.54) is 0 Å². The molecule has 1 atom stereocenters. The lowest BCUT2D eigenvalue weighted by molar-refractivity contribution is -0.138. The van der Waals surface area contributed by atoms with Crippen LogP contribution in [0.15, 0.2) is 12.3 Å². The molecule has 3 heterocycles. The lowest BCUT2D eigenvalue weighted by Crippen LogP contribution is -2.53. The summed E-state index contributed by atoms with van der Waals surface area (Å²) in [6.07, 6.45) is 3.74. The number of rotatable bonds is 3. The SMILES string of the molecule is CC1OC2(CCN(C(=O)CCc3ccn[nH]3)CC2)NC1=O. The molecule has 0 saturated carbocycles. The van der Waals surface area contributed by atoms with Gasteiger partial charge in [-0.25, -0.2) is 0 Å². The normalized spacial score (nSPS) is 24.3. The number of aromatic amines is 1. The molecular formula is C14H20N4O3. The molecule has 1 aromatic heterocycles. The van der Waals surface area contributed by atoms with Crippen LogP contribution < -0.4 is 5.32 Å². The van der Waals surface area contributed by atoms with Crippen LogP contribution in [0.25, 0.3) is 0 Å². The Morgan fingerprint density at radius 1 is 1.52 bits per heavy atom. The number of aryl methyl sites for hydroxylation is 1. The highest BCUT2D eigenvalue weighted by Crippen LogP contribution is 2.29. The second-order valence-corrected chi connectivity index (χ2v) is 5.71. The Morgan fingerprint density at radius 3 is 2.86 bits per heavy atom. The lowest BCUT2D eigenvalue weighted by atomic mass is 10.0. The predicted octanol–water partition coefficient (Wildman–Crippen LogP) is 0.196. The number of aromatic nitrogens is 2. The molecule has 2 fully saturated rings. The second kappa shape index (κ2) is 5.48. The molecule has 21 heavy (non-hydrogen) atoms. The fraction of sp³-hybridized carbons (Fsp3) is 0.643. The van der Waals surface area contributed by atoms with Crippen molar-refractivity contribution in [3.63, 3.8) is 0 Å². The summed E-state index contributed by atoms with van der Waals surface area (Å²) >= 11 is 0. The minimum absolute atomic E-state index is 0.0611. The number of nitrogens with zero attached hydrogens (tertiary/aromatic N) is 2. The second-order valence-electron chi connectivity index (χ2n) is 5.71. The largest absolute Gasteiger partial charge is 0.343 e. The van der Waals surface area contributed by atoms with E-state index in [4.69, 9.17) is 4.74 Å². The van der Waals surface area contributed by atoms with Crippen molar-refractivity contribution < 1.29 is 14.3 Å². The first-order valence-corrected chi connectivity index (χ1v) is 7.34. The Bertz CT molecular complexity index is 520. The number of carbonyl (C=O) groups excluding carboxylic acids is 2. The first-order chi connectivity index (χ1) is 10.1. The van der Waals surface area contributed by atoms with Gasteiger partial charge in [0.1, 0.15) is 11.8 Å². The van der Waals surface area contributed by atoms with Gasteiger partial charge in [-0.05, 0) is 19.4 Å². The fourth-order valence-corrected chi connectivity index (χ4v) is 2.93. The van der Waals surface area contributed by atoms with E-state index in [0.717, 1.165) is 5.69 Å². The molecule has 0 aromatic carbocycles. The zero-order valence-corrected chi connectivity index (χ0v) is 12.1. The van der Waals surface area contributed by atoms with Gasteiger partial charge >= 0.3 is 0 Å². The van der Waals surface area contributed by atoms with Crippen LogP contribution in [-0.2, 0) is 20.7 Å². The lowest BCUT2D eigenvalue weighted by Gasteiger charge is -2.38. The maximum Gasteiger partial charge on any atom is 0.251 e. The summed E-state index contributed by atoms with van der Waals surface area (Å²) in [5, 5.41) is 9.65.